The number of phenolic OH excluding ortho intramolecular Hbond substituents is 2. The summed E-state index contributed by atoms with van der Waals surface area (Å²) in [5.41, 5.74) is 1.29. The fourth-order valence-electron chi connectivity index (χ4n) is 11.5. The van der Waals surface area contributed by atoms with E-state index in [0.29, 0.717) is 29.2 Å². The highest BCUT2D eigenvalue weighted by Gasteiger charge is 2.69. The number of aromatic hydroxyl groups is 2. The smallest absolute Gasteiger partial charge is 0.331 e. The van der Waals surface area contributed by atoms with Crippen LogP contribution in [0, 0.1) is 45.3 Å². The van der Waals surface area contributed by atoms with Crippen molar-refractivity contribution >= 4 is 12.0 Å². The van der Waals surface area contributed by atoms with Crippen LogP contribution in [0.5, 0.6) is 11.5 Å². The highest BCUT2D eigenvalue weighted by atomic mass is 16.5. The Morgan fingerprint density at radius 1 is 0.956 bits per heavy atom. The number of hydrogen-bond acceptors (Lipinski definition) is 6. The lowest BCUT2D eigenvalue weighted by Crippen LogP contribution is -2.64. The molecule has 1 aromatic carbocycles. The maximum Gasteiger partial charge on any atom is 0.331 e. The predicted octanol–water partition coefficient (Wildman–Crippen LogP) is 8.18. The van der Waals surface area contributed by atoms with Gasteiger partial charge in [0.15, 0.2) is 11.5 Å². The third-order valence-electron chi connectivity index (χ3n) is 14.2. The molecule has 4 N–H and O–H groups in total. The van der Waals surface area contributed by atoms with Crippen molar-refractivity contribution in [3.05, 3.63) is 41.5 Å². The number of carbonyl (C=O) groups is 1. The predicted molar refractivity (Wildman–Crippen MR) is 178 cm³/mol. The maximum atomic E-state index is 13.0. The second-order valence-corrected chi connectivity index (χ2v) is 16.8. The number of hydrogen-bond donors (Lipinski definition) is 4. The molecule has 0 aromatic heterocycles. The second-order valence-electron chi connectivity index (χ2n) is 16.8. The van der Waals surface area contributed by atoms with Gasteiger partial charge in [0.2, 0.25) is 0 Å². The highest BCUT2D eigenvalue weighted by Crippen LogP contribution is 2.76. The van der Waals surface area contributed by atoms with Crippen LogP contribution >= 0.6 is 0 Å². The number of aliphatic hydroxyl groups excluding tert-OH is 1. The average Bonchev–Trinajstić information content (AvgIpc) is 3.34. The summed E-state index contributed by atoms with van der Waals surface area (Å²) in [7, 11) is 0. The summed E-state index contributed by atoms with van der Waals surface area (Å²) in [5, 5.41) is 40.6. The molecule has 0 heterocycles. The Labute approximate surface area is 271 Å². The normalized spacial score (nSPS) is 39.0. The fraction of sp³-hybridized carbons (Fsp3) is 0.718. The molecule has 0 spiro atoms. The summed E-state index contributed by atoms with van der Waals surface area (Å²) in [6.45, 7) is 16.4. The van der Waals surface area contributed by atoms with E-state index in [9.17, 15) is 25.2 Å². The minimum absolute atomic E-state index is 0.0793. The van der Waals surface area contributed by atoms with Crippen LogP contribution < -0.4 is 0 Å². The SMILES string of the molecule is CC(=CCC[C@](C)(O)[C@H]1CC[C@]2(C)[C@@H]1CC[C@@H]1[C@@]3(C)CC[C@H](OC(=O)C=Cc4ccc(O)c(O)c4)C(C)(C)[C@H]3CC[C@]12C)CO. The highest BCUT2D eigenvalue weighted by molar-refractivity contribution is 5.87. The number of benzene rings is 1. The summed E-state index contributed by atoms with van der Waals surface area (Å²) in [6.07, 6.45) is 15.3. The van der Waals surface area contributed by atoms with Crippen molar-refractivity contribution in [3.8, 4) is 11.5 Å². The first-order valence-corrected chi connectivity index (χ1v) is 17.4. The van der Waals surface area contributed by atoms with Crippen LogP contribution in [0.15, 0.2) is 35.9 Å². The molecule has 0 saturated heterocycles. The Morgan fingerprint density at radius 2 is 1.67 bits per heavy atom. The number of aliphatic hydroxyl groups is 2. The molecule has 0 amide bonds. The van der Waals surface area contributed by atoms with Crippen LogP contribution in [0.4, 0.5) is 0 Å². The Balaban J connectivity index is 1.30. The van der Waals surface area contributed by atoms with E-state index in [1.165, 1.54) is 43.9 Å². The van der Waals surface area contributed by atoms with Crippen molar-refractivity contribution in [1.29, 1.82) is 0 Å². The number of fused-ring (bicyclic) bond motifs is 5. The molecule has 6 heteroatoms. The van der Waals surface area contributed by atoms with E-state index >= 15 is 0 Å². The van der Waals surface area contributed by atoms with Crippen molar-refractivity contribution < 1.29 is 30.0 Å². The van der Waals surface area contributed by atoms with Gasteiger partial charge in [0.05, 0.1) is 12.2 Å². The summed E-state index contributed by atoms with van der Waals surface area (Å²) < 4.78 is 6.15. The van der Waals surface area contributed by atoms with E-state index in [0.717, 1.165) is 44.1 Å². The number of rotatable bonds is 8. The topological polar surface area (TPSA) is 107 Å². The van der Waals surface area contributed by atoms with E-state index in [2.05, 4.69) is 47.6 Å². The van der Waals surface area contributed by atoms with E-state index in [1.54, 1.807) is 12.1 Å². The Kier molecular flexibility index (Phi) is 9.11. The molecule has 4 fully saturated rings. The quantitative estimate of drug-likeness (QED) is 0.101. The molecule has 4 aliphatic rings. The lowest BCUT2D eigenvalue weighted by Gasteiger charge is -2.70. The third kappa shape index (κ3) is 5.77. The van der Waals surface area contributed by atoms with Crippen molar-refractivity contribution in [1.82, 2.24) is 0 Å². The zero-order valence-electron chi connectivity index (χ0n) is 28.7. The van der Waals surface area contributed by atoms with E-state index in [4.69, 9.17) is 4.74 Å². The number of carbonyl (C=O) groups excluding carboxylic acids is 1. The molecule has 5 rings (SSSR count). The summed E-state index contributed by atoms with van der Waals surface area (Å²) in [6, 6.07) is 4.48. The molecule has 9 atom stereocenters. The molecule has 0 aliphatic heterocycles. The van der Waals surface area contributed by atoms with Gasteiger partial charge in [0.25, 0.3) is 0 Å². The molecule has 1 aromatic rings. The molecule has 0 bridgehead atoms. The second kappa shape index (κ2) is 12.0. The average molecular weight is 623 g/mol. The Hall–Kier alpha value is -2.31. The molecule has 6 nitrogen and oxygen atoms in total. The van der Waals surface area contributed by atoms with Gasteiger partial charge in [-0.1, -0.05) is 52.3 Å². The van der Waals surface area contributed by atoms with Crippen LogP contribution in [-0.4, -0.2) is 44.7 Å². The minimum atomic E-state index is -0.708. The zero-order chi connectivity index (χ0) is 33.0. The van der Waals surface area contributed by atoms with Crippen molar-refractivity contribution in [2.24, 2.45) is 45.3 Å². The Morgan fingerprint density at radius 3 is 2.36 bits per heavy atom. The molecule has 45 heavy (non-hydrogen) atoms. The van der Waals surface area contributed by atoms with Crippen LogP contribution in [0.2, 0.25) is 0 Å². The fourth-order valence-corrected chi connectivity index (χ4v) is 11.5. The van der Waals surface area contributed by atoms with Crippen LogP contribution in [-0.2, 0) is 9.53 Å². The van der Waals surface area contributed by atoms with Crippen LogP contribution in [0.25, 0.3) is 6.08 Å². The summed E-state index contributed by atoms with van der Waals surface area (Å²) in [4.78, 5) is 13.0. The molecule has 250 valence electrons. The zero-order valence-corrected chi connectivity index (χ0v) is 28.7. The van der Waals surface area contributed by atoms with Gasteiger partial charge in [-0.25, -0.2) is 4.79 Å². The van der Waals surface area contributed by atoms with Gasteiger partial charge in [-0.2, -0.15) is 0 Å². The maximum absolute atomic E-state index is 13.0. The monoisotopic (exact) mass is 622 g/mol. The summed E-state index contributed by atoms with van der Waals surface area (Å²) in [5.74, 6) is 1.10. The molecular weight excluding hydrogens is 564 g/mol. The van der Waals surface area contributed by atoms with Gasteiger partial charge in [-0.05, 0) is 142 Å². The molecule has 0 radical (unpaired) electrons. The number of ether oxygens (including phenoxy) is 1. The largest absolute Gasteiger partial charge is 0.504 e. The number of phenols is 2. The lowest BCUT2D eigenvalue weighted by atomic mass is 9.35. The van der Waals surface area contributed by atoms with E-state index < -0.39 is 5.60 Å². The van der Waals surface area contributed by atoms with Crippen molar-refractivity contribution in [2.75, 3.05) is 6.61 Å². The third-order valence-corrected chi connectivity index (χ3v) is 14.2. The van der Waals surface area contributed by atoms with Crippen LogP contribution in [0.1, 0.15) is 118 Å². The summed E-state index contributed by atoms with van der Waals surface area (Å²) >= 11 is 0. The molecule has 4 saturated carbocycles. The van der Waals surface area contributed by atoms with Gasteiger partial charge in [-0.15, -0.1) is 0 Å². The van der Waals surface area contributed by atoms with E-state index in [1.807, 2.05) is 6.92 Å². The van der Waals surface area contributed by atoms with E-state index in [-0.39, 0.29) is 51.8 Å². The minimum Gasteiger partial charge on any atom is -0.504 e. The van der Waals surface area contributed by atoms with Gasteiger partial charge >= 0.3 is 5.97 Å². The molecule has 4 aliphatic carbocycles. The number of esters is 1. The first-order valence-electron chi connectivity index (χ1n) is 17.4. The van der Waals surface area contributed by atoms with Crippen molar-refractivity contribution in [3.63, 3.8) is 0 Å². The first-order chi connectivity index (χ1) is 21.0. The van der Waals surface area contributed by atoms with Crippen LogP contribution in [0.3, 0.4) is 0 Å². The van der Waals surface area contributed by atoms with Gasteiger partial charge in [0, 0.05) is 11.5 Å². The molecule has 0 unspecified atom stereocenters. The van der Waals surface area contributed by atoms with Gasteiger partial charge in [0.1, 0.15) is 6.10 Å². The van der Waals surface area contributed by atoms with Gasteiger partial charge in [-0.3, -0.25) is 0 Å². The standard InChI is InChI=1S/C39H58O6/c1-25(24-40)9-8-19-39(7,44)28-16-21-37(5)27(28)12-14-32-36(4)20-18-33(35(2,3)31(36)17-22-38(32,37)6)45-34(43)15-11-26-10-13-29(41)30(42)23-26/h9-11,13,15,23,27-28,31-33,40-42,44H,8,12,14,16-22,24H2,1-7H3/t27-,28+,31-,32-,33+,36+,37-,38-,39+/m1/s1. The molecular formula is C39H58O6. The lowest BCUT2D eigenvalue weighted by molar-refractivity contribution is -0.229. The van der Waals surface area contributed by atoms with Gasteiger partial charge < -0.3 is 25.2 Å². The first kappa shape index (κ1) is 34.0. The number of allylic oxidation sites excluding steroid dienone is 1. The Bertz CT molecular complexity index is 1330. The van der Waals surface area contributed by atoms with Crippen molar-refractivity contribution in [2.45, 2.75) is 124 Å².